The molecule has 23 heavy (non-hydrogen) atoms. The fourth-order valence-electron chi connectivity index (χ4n) is 4.37. The summed E-state index contributed by atoms with van der Waals surface area (Å²) in [6.07, 6.45) is 9.06. The summed E-state index contributed by atoms with van der Waals surface area (Å²) < 4.78 is 0. The van der Waals surface area contributed by atoms with Crippen LogP contribution in [0.2, 0.25) is 0 Å². The fourth-order valence-corrected chi connectivity index (χ4v) is 4.37. The molecule has 0 aromatic rings. The van der Waals surface area contributed by atoms with Gasteiger partial charge in [-0.05, 0) is 43.4 Å². The highest BCUT2D eigenvalue weighted by molar-refractivity contribution is 5.78. The normalized spacial score (nSPS) is 29.4. The molecule has 3 fully saturated rings. The van der Waals surface area contributed by atoms with Gasteiger partial charge >= 0.3 is 0 Å². The first-order chi connectivity index (χ1) is 11.1. The van der Waals surface area contributed by atoms with Crippen LogP contribution in [0.4, 0.5) is 0 Å². The molecule has 3 rings (SSSR count). The van der Waals surface area contributed by atoms with Crippen LogP contribution >= 0.6 is 0 Å². The van der Waals surface area contributed by atoms with E-state index in [4.69, 9.17) is 0 Å². The average Bonchev–Trinajstić information content (AvgIpc) is 3.29. The van der Waals surface area contributed by atoms with Crippen molar-refractivity contribution in [3.63, 3.8) is 0 Å². The van der Waals surface area contributed by atoms with Crippen LogP contribution in [0, 0.1) is 17.8 Å². The van der Waals surface area contributed by atoms with Gasteiger partial charge in [0.25, 0.3) is 0 Å². The Morgan fingerprint density at radius 3 is 2.43 bits per heavy atom. The summed E-state index contributed by atoms with van der Waals surface area (Å²) in [5.74, 6) is 2.16. The van der Waals surface area contributed by atoms with E-state index in [2.05, 4.69) is 15.5 Å². The summed E-state index contributed by atoms with van der Waals surface area (Å²) in [5, 5.41) is 6.21. The van der Waals surface area contributed by atoms with Crippen molar-refractivity contribution in [3.05, 3.63) is 0 Å². The Labute approximate surface area is 139 Å². The third-order valence-corrected chi connectivity index (χ3v) is 5.74. The highest BCUT2D eigenvalue weighted by Gasteiger charge is 2.43. The standard InChI is InChI=1S/C18H31N3O2/c1-13(22)20-17-11-21(10-16(17)15-7-8-15)12-18(23)19-9-14-5-3-2-4-6-14/h14-17H,2-12H2,1H3,(H,19,23)(H,20,22)/t16-,17+/m1/s1. The zero-order valence-electron chi connectivity index (χ0n) is 14.4. The largest absolute Gasteiger partial charge is 0.355 e. The Bertz CT molecular complexity index is 430. The van der Waals surface area contributed by atoms with Crippen LogP contribution in [0.5, 0.6) is 0 Å². The lowest BCUT2D eigenvalue weighted by Crippen LogP contribution is -2.41. The molecule has 2 atom stereocenters. The van der Waals surface area contributed by atoms with E-state index in [0.717, 1.165) is 25.6 Å². The predicted octanol–water partition coefficient (Wildman–Crippen LogP) is 1.53. The lowest BCUT2D eigenvalue weighted by atomic mass is 9.89. The van der Waals surface area contributed by atoms with Gasteiger partial charge in [-0.25, -0.2) is 0 Å². The van der Waals surface area contributed by atoms with Crippen LogP contribution in [0.25, 0.3) is 0 Å². The minimum Gasteiger partial charge on any atom is -0.355 e. The van der Waals surface area contributed by atoms with Crippen LogP contribution < -0.4 is 10.6 Å². The Kier molecular flexibility index (Phi) is 5.57. The van der Waals surface area contributed by atoms with E-state index in [1.54, 1.807) is 6.92 Å². The topological polar surface area (TPSA) is 61.4 Å². The second-order valence-electron chi connectivity index (χ2n) is 7.81. The van der Waals surface area contributed by atoms with Gasteiger partial charge in [0, 0.05) is 32.6 Å². The van der Waals surface area contributed by atoms with E-state index in [9.17, 15) is 9.59 Å². The van der Waals surface area contributed by atoms with Crippen molar-refractivity contribution in [1.82, 2.24) is 15.5 Å². The van der Waals surface area contributed by atoms with Crippen LogP contribution in [-0.4, -0.2) is 48.9 Å². The van der Waals surface area contributed by atoms with Crippen molar-refractivity contribution in [2.24, 2.45) is 17.8 Å². The van der Waals surface area contributed by atoms with Gasteiger partial charge < -0.3 is 10.6 Å². The molecule has 2 saturated carbocycles. The summed E-state index contributed by atoms with van der Waals surface area (Å²) in [7, 11) is 0. The van der Waals surface area contributed by atoms with Gasteiger partial charge in [0.2, 0.25) is 11.8 Å². The summed E-state index contributed by atoms with van der Waals surface area (Å²) in [6, 6.07) is 0.228. The third kappa shape index (κ3) is 4.93. The molecule has 0 radical (unpaired) electrons. The van der Waals surface area contributed by atoms with Gasteiger partial charge in [0.15, 0.2) is 0 Å². The summed E-state index contributed by atoms with van der Waals surface area (Å²) >= 11 is 0. The Hall–Kier alpha value is -1.10. The maximum absolute atomic E-state index is 12.2. The van der Waals surface area contributed by atoms with Crippen LogP contribution in [0.1, 0.15) is 51.9 Å². The second-order valence-corrected chi connectivity index (χ2v) is 7.81. The molecule has 0 spiro atoms. The van der Waals surface area contributed by atoms with Crippen molar-refractivity contribution in [1.29, 1.82) is 0 Å². The molecule has 0 unspecified atom stereocenters. The van der Waals surface area contributed by atoms with Gasteiger partial charge in [0.05, 0.1) is 6.54 Å². The van der Waals surface area contributed by atoms with E-state index in [-0.39, 0.29) is 17.9 Å². The molecule has 2 amide bonds. The molecule has 130 valence electrons. The molecule has 1 heterocycles. The number of amides is 2. The van der Waals surface area contributed by atoms with Crippen LogP contribution in [-0.2, 0) is 9.59 Å². The molecular formula is C18H31N3O2. The Balaban J connectivity index is 1.42. The zero-order valence-corrected chi connectivity index (χ0v) is 14.4. The van der Waals surface area contributed by atoms with Crippen molar-refractivity contribution in [2.45, 2.75) is 57.9 Å². The Morgan fingerprint density at radius 1 is 1.04 bits per heavy atom. The fraction of sp³-hybridized carbons (Fsp3) is 0.889. The first-order valence-electron chi connectivity index (χ1n) is 9.38. The molecule has 5 nitrogen and oxygen atoms in total. The highest BCUT2D eigenvalue weighted by Crippen LogP contribution is 2.41. The van der Waals surface area contributed by atoms with Crippen molar-refractivity contribution < 1.29 is 9.59 Å². The van der Waals surface area contributed by atoms with Crippen LogP contribution in [0.3, 0.4) is 0 Å². The van der Waals surface area contributed by atoms with E-state index >= 15 is 0 Å². The Morgan fingerprint density at radius 2 is 1.78 bits per heavy atom. The van der Waals surface area contributed by atoms with Crippen molar-refractivity contribution in [3.8, 4) is 0 Å². The number of carbonyl (C=O) groups excluding carboxylic acids is 2. The summed E-state index contributed by atoms with van der Waals surface area (Å²) in [6.45, 7) is 4.67. The molecule has 0 aromatic carbocycles. The number of hydrogen-bond acceptors (Lipinski definition) is 3. The molecule has 5 heteroatoms. The van der Waals surface area contributed by atoms with E-state index in [1.165, 1.54) is 44.9 Å². The summed E-state index contributed by atoms with van der Waals surface area (Å²) in [5.41, 5.74) is 0. The lowest BCUT2D eigenvalue weighted by Gasteiger charge is -2.22. The minimum absolute atomic E-state index is 0.0456. The average molecular weight is 321 g/mol. The molecule has 0 aromatic heterocycles. The molecular weight excluding hydrogens is 290 g/mol. The molecule has 2 N–H and O–H groups in total. The number of carbonyl (C=O) groups is 2. The number of nitrogens with zero attached hydrogens (tertiary/aromatic N) is 1. The van der Waals surface area contributed by atoms with Crippen molar-refractivity contribution >= 4 is 11.8 Å². The first kappa shape index (κ1) is 16.7. The van der Waals surface area contributed by atoms with Gasteiger partial charge in [-0.3, -0.25) is 14.5 Å². The van der Waals surface area contributed by atoms with Crippen LogP contribution in [0.15, 0.2) is 0 Å². The van der Waals surface area contributed by atoms with E-state index in [0.29, 0.717) is 18.4 Å². The molecule has 3 aliphatic rings. The van der Waals surface area contributed by atoms with Gasteiger partial charge in [-0.1, -0.05) is 19.3 Å². The highest BCUT2D eigenvalue weighted by atomic mass is 16.2. The van der Waals surface area contributed by atoms with Gasteiger partial charge in [0.1, 0.15) is 0 Å². The van der Waals surface area contributed by atoms with E-state index < -0.39 is 0 Å². The molecule has 2 aliphatic carbocycles. The van der Waals surface area contributed by atoms with Gasteiger partial charge in [-0.15, -0.1) is 0 Å². The maximum Gasteiger partial charge on any atom is 0.234 e. The number of rotatable bonds is 6. The number of nitrogens with one attached hydrogen (secondary N) is 2. The summed E-state index contributed by atoms with van der Waals surface area (Å²) in [4.78, 5) is 25.8. The molecule has 1 saturated heterocycles. The predicted molar refractivity (Wildman–Crippen MR) is 89.8 cm³/mol. The van der Waals surface area contributed by atoms with E-state index in [1.807, 2.05) is 0 Å². The second kappa shape index (κ2) is 7.65. The van der Waals surface area contributed by atoms with Crippen molar-refractivity contribution in [2.75, 3.05) is 26.2 Å². The monoisotopic (exact) mass is 321 g/mol. The maximum atomic E-state index is 12.2. The first-order valence-corrected chi connectivity index (χ1v) is 9.38. The SMILES string of the molecule is CC(=O)N[C@H]1CN(CC(=O)NCC2CCCCC2)C[C@@H]1C1CC1. The quantitative estimate of drug-likeness (QED) is 0.780. The number of hydrogen-bond donors (Lipinski definition) is 2. The van der Waals surface area contributed by atoms with Gasteiger partial charge in [-0.2, -0.15) is 0 Å². The minimum atomic E-state index is 0.0456. The zero-order chi connectivity index (χ0) is 16.2. The number of likely N-dealkylation sites (tertiary alicyclic amines) is 1. The molecule has 0 bridgehead atoms. The third-order valence-electron chi connectivity index (χ3n) is 5.74. The smallest absolute Gasteiger partial charge is 0.234 e. The lowest BCUT2D eigenvalue weighted by molar-refractivity contribution is -0.122. The molecule has 1 aliphatic heterocycles.